The minimum absolute atomic E-state index is 0.0798. The van der Waals surface area contributed by atoms with Crippen LogP contribution in [0.25, 0.3) is 176 Å². The van der Waals surface area contributed by atoms with Gasteiger partial charge in [-0.05, 0) is 143 Å². The molecule has 12 heteroatoms. The van der Waals surface area contributed by atoms with E-state index >= 15 is 0 Å². The molecule has 0 N–H and O–H groups in total. The predicted molar refractivity (Wildman–Crippen MR) is 481 cm³/mol. The quantitative estimate of drug-likeness (QED) is 0.145. The molecule has 0 saturated heterocycles. The number of pyridine rings is 8. The highest BCUT2D eigenvalue weighted by atomic mass is 16.4. The average Bonchev–Trinajstić information content (AvgIpc) is 1.60. The maximum absolute atomic E-state index is 6.44. The van der Waals surface area contributed by atoms with E-state index < -0.39 is 0 Å². The molecule has 2 saturated carbocycles. The Balaban J connectivity index is 0.000000105. The molecule has 0 spiro atoms. The maximum atomic E-state index is 6.44. The van der Waals surface area contributed by atoms with Crippen molar-refractivity contribution >= 4 is 131 Å². The summed E-state index contributed by atoms with van der Waals surface area (Å²) >= 11 is 0. The SMILES string of the molecule is Cc1ccc2c(oc3ncc4ccccc4c32)c1-c1cc(C(C)(C)C)cc[n+]1C.Cc1ccc2c(oc3ncc4ccccc4c32)c1-c1cc(C(C)C)cc[n+]1C.Cc1ccc2c(oc3ncc4ccccc4c32)c1-c1cc(C2CCCC2)cc[n+]1C.Cc1ccc2c(oc3ncc4ccccc4c32)c1-c1cc(C2CCCCC2)cc[n+]1C. The summed E-state index contributed by atoms with van der Waals surface area (Å²) in [5, 5.41) is 18.2. The van der Waals surface area contributed by atoms with Crippen molar-refractivity contribution < 1.29 is 35.9 Å². The molecule has 20 aromatic rings. The van der Waals surface area contributed by atoms with Gasteiger partial charge in [0, 0.05) is 116 Å². The van der Waals surface area contributed by atoms with Gasteiger partial charge in [-0.3, -0.25) is 0 Å². The molecule has 12 nitrogen and oxygen atoms in total. The van der Waals surface area contributed by atoms with Gasteiger partial charge < -0.3 is 17.7 Å². The second kappa shape index (κ2) is 30.4. The van der Waals surface area contributed by atoms with Crippen LogP contribution in [-0.4, -0.2) is 19.9 Å². The minimum atomic E-state index is 0.0798. The Morgan fingerprint density at radius 1 is 0.322 bits per heavy atom. The summed E-state index contributed by atoms with van der Waals surface area (Å²) in [4.78, 5) is 18.5. The monoisotopic (exact) mass is 1550 g/mol. The number of hydrogen-bond donors (Lipinski definition) is 0. The zero-order valence-corrected chi connectivity index (χ0v) is 69.9. The summed E-state index contributed by atoms with van der Waals surface area (Å²) in [6, 6.07) is 69.5. The first-order chi connectivity index (χ1) is 57.3. The first kappa shape index (κ1) is 75.3. The third-order valence-electron chi connectivity index (χ3n) is 25.5. The fourth-order valence-corrected chi connectivity index (χ4v) is 18.9. The fraction of sp³-hybridized carbons (Fsp3) is 0.245. The van der Waals surface area contributed by atoms with Crippen LogP contribution in [0.1, 0.15) is 155 Å². The Labute approximate surface area is 687 Å². The highest BCUT2D eigenvalue weighted by molar-refractivity contribution is 6.23. The lowest BCUT2D eigenvalue weighted by Crippen LogP contribution is -2.32. The number of aryl methyl sites for hydroxylation is 8. The van der Waals surface area contributed by atoms with Gasteiger partial charge in [0.1, 0.15) is 28.2 Å². The molecule has 0 amide bonds. The van der Waals surface area contributed by atoms with E-state index in [1.165, 1.54) is 146 Å². The molecule has 22 rings (SSSR count). The van der Waals surface area contributed by atoms with E-state index in [1.54, 1.807) is 0 Å². The summed E-state index contributed by atoms with van der Waals surface area (Å²) in [7, 11) is 8.45. The van der Waals surface area contributed by atoms with Crippen LogP contribution in [-0.2, 0) is 33.6 Å². The Bertz CT molecular complexity index is 7380. The topological polar surface area (TPSA) is 120 Å². The van der Waals surface area contributed by atoms with Crippen LogP contribution in [0, 0.1) is 27.7 Å². The van der Waals surface area contributed by atoms with Crippen molar-refractivity contribution in [2.45, 2.75) is 143 Å². The van der Waals surface area contributed by atoms with Crippen molar-refractivity contribution in [3.8, 4) is 45.0 Å². The Morgan fingerprint density at radius 2 is 0.610 bits per heavy atom. The smallest absolute Gasteiger partial charge is 0.227 e. The van der Waals surface area contributed by atoms with Gasteiger partial charge in [-0.15, -0.1) is 0 Å². The molecule has 8 aromatic carbocycles. The zero-order chi connectivity index (χ0) is 80.9. The van der Waals surface area contributed by atoms with E-state index in [-0.39, 0.29) is 5.41 Å². The lowest BCUT2D eigenvalue weighted by atomic mass is 9.84. The van der Waals surface area contributed by atoms with Gasteiger partial charge in [0.25, 0.3) is 0 Å². The average molecular weight is 1550 g/mol. The number of aromatic nitrogens is 8. The number of furan rings is 4. The van der Waals surface area contributed by atoms with Gasteiger partial charge in [0.2, 0.25) is 45.6 Å². The molecule has 118 heavy (non-hydrogen) atoms. The van der Waals surface area contributed by atoms with Crippen molar-refractivity contribution in [1.29, 1.82) is 0 Å². The Hall–Kier alpha value is -12.8. The molecule has 12 heterocycles. The third-order valence-corrected chi connectivity index (χ3v) is 25.5. The molecule has 12 aromatic heterocycles. The number of nitrogens with zero attached hydrogens (tertiary/aromatic N) is 8. The van der Waals surface area contributed by atoms with Gasteiger partial charge >= 0.3 is 0 Å². The van der Waals surface area contributed by atoms with Crippen molar-refractivity contribution in [1.82, 2.24) is 19.9 Å². The number of benzene rings is 8. The summed E-state index contributed by atoms with van der Waals surface area (Å²) in [6.45, 7) is 19.8. The molecule has 2 fully saturated rings. The van der Waals surface area contributed by atoms with Gasteiger partial charge in [0.05, 0.1) is 43.8 Å². The van der Waals surface area contributed by atoms with E-state index in [2.05, 4.69) is 335 Å². The summed E-state index contributed by atoms with van der Waals surface area (Å²) in [5.41, 5.74) is 26.4. The molecule has 0 atom stereocenters. The molecule has 2 aliphatic carbocycles. The minimum Gasteiger partial charge on any atom is -0.437 e. The summed E-state index contributed by atoms with van der Waals surface area (Å²) < 4.78 is 34.4. The van der Waals surface area contributed by atoms with Crippen LogP contribution < -0.4 is 18.3 Å². The van der Waals surface area contributed by atoms with Crippen LogP contribution >= 0.6 is 0 Å². The van der Waals surface area contributed by atoms with Crippen LogP contribution in [0.5, 0.6) is 0 Å². The number of hydrogen-bond acceptors (Lipinski definition) is 8. The van der Waals surface area contributed by atoms with Crippen LogP contribution in [0.15, 0.2) is 261 Å². The molecule has 2 aliphatic rings. The second-order valence-electron chi connectivity index (χ2n) is 34.5. The summed E-state index contributed by atoms with van der Waals surface area (Å²) in [6.07, 6.45) is 28.3. The van der Waals surface area contributed by atoms with Crippen molar-refractivity contribution in [3.63, 3.8) is 0 Å². The number of fused-ring (bicyclic) bond motifs is 20. The predicted octanol–water partition coefficient (Wildman–Crippen LogP) is 25.9. The lowest BCUT2D eigenvalue weighted by molar-refractivity contribution is -0.660. The molecule has 584 valence electrons. The number of rotatable bonds is 7. The highest BCUT2D eigenvalue weighted by Gasteiger charge is 2.31. The third kappa shape index (κ3) is 13.3. The molecular weight excluding hydrogens is 1450 g/mol. The van der Waals surface area contributed by atoms with Gasteiger partial charge in [0.15, 0.2) is 47.1 Å². The van der Waals surface area contributed by atoms with Gasteiger partial charge in [-0.2, -0.15) is 0 Å². The Kier molecular flexibility index (Phi) is 19.4. The highest BCUT2D eigenvalue weighted by Crippen LogP contribution is 2.46. The van der Waals surface area contributed by atoms with Crippen molar-refractivity contribution in [3.05, 3.63) is 288 Å². The fourth-order valence-electron chi connectivity index (χ4n) is 18.9. The van der Waals surface area contributed by atoms with E-state index in [1.807, 2.05) is 36.9 Å². The largest absolute Gasteiger partial charge is 0.437 e. The van der Waals surface area contributed by atoms with E-state index in [9.17, 15) is 0 Å². The lowest BCUT2D eigenvalue weighted by Gasteiger charge is -2.21. The van der Waals surface area contributed by atoms with Crippen molar-refractivity contribution in [2.24, 2.45) is 28.2 Å². The molecule has 0 bridgehead atoms. The normalized spacial score (nSPS) is 13.7. The van der Waals surface area contributed by atoms with Gasteiger partial charge in [-0.25, -0.2) is 38.2 Å². The zero-order valence-electron chi connectivity index (χ0n) is 69.9. The standard InChI is InChI=1S/C28H27N2O.C27H25N2O.C26H25N2O.C25H23N2O/c1-18-12-13-23-26-22-11-7-6-10-21(22)17-29-28(26)31-27(23)25(18)24-16-20(14-15-30(24)2)19-8-4-3-5-9-19;1-17-11-12-22-25-21-10-6-5-9-20(21)16-28-27(25)30-26(22)24(17)23-15-19(13-14-29(23)2)18-7-3-4-8-18;1-16-10-11-20-23-19-9-7-6-8-17(19)15-27-25(23)29-24(20)22(16)21-14-18(26(2,3)4)12-13-28(21)5;1-15(2)17-11-12-27(4)21(13-17)22-16(3)9-10-20-23-19-8-6-5-7-18(19)14-26-25(23)28-24(20)22/h6-7,10-17,19H,3-5,8-9H2,1-2H3;5-6,9-16,18H,3-4,7-8H2,1-2H3;6-15H,1-5H3;5-15H,1-4H3/q4*+1. The molecule has 0 aliphatic heterocycles. The van der Waals surface area contributed by atoms with Crippen molar-refractivity contribution in [2.75, 3.05) is 0 Å². The van der Waals surface area contributed by atoms with Crippen LogP contribution in [0.2, 0.25) is 0 Å². The Morgan fingerprint density at radius 3 is 0.932 bits per heavy atom. The van der Waals surface area contributed by atoms with Crippen LogP contribution in [0.4, 0.5) is 0 Å². The molecular formula is C106H100N8O4+4. The molecule has 0 unspecified atom stereocenters. The molecule has 0 radical (unpaired) electrons. The van der Waals surface area contributed by atoms with E-state index in [0.717, 1.165) is 109 Å². The van der Waals surface area contributed by atoms with E-state index in [0.29, 0.717) is 40.6 Å². The second-order valence-corrected chi connectivity index (χ2v) is 34.5. The van der Waals surface area contributed by atoms with Gasteiger partial charge in [-0.1, -0.05) is 212 Å². The first-order valence-corrected chi connectivity index (χ1v) is 42.1. The maximum Gasteiger partial charge on any atom is 0.227 e. The van der Waals surface area contributed by atoms with E-state index in [4.69, 9.17) is 17.7 Å². The van der Waals surface area contributed by atoms with Crippen LogP contribution in [0.3, 0.4) is 0 Å². The summed E-state index contributed by atoms with van der Waals surface area (Å²) in [5.74, 6) is 1.83. The first-order valence-electron chi connectivity index (χ1n) is 42.1.